The number of amides is 3. The molecule has 24 heavy (non-hydrogen) atoms. The van der Waals surface area contributed by atoms with E-state index in [1.807, 2.05) is 0 Å². The monoisotopic (exact) mass is 335 g/mol. The molecule has 0 spiro atoms. The zero-order valence-corrected chi connectivity index (χ0v) is 13.7. The fourth-order valence-corrected chi connectivity index (χ4v) is 2.77. The van der Waals surface area contributed by atoms with Crippen molar-refractivity contribution in [2.45, 2.75) is 19.8 Å². The zero-order chi connectivity index (χ0) is 17.7. The van der Waals surface area contributed by atoms with Crippen molar-refractivity contribution in [3.63, 3.8) is 0 Å². The fourth-order valence-electron chi connectivity index (χ4n) is 2.77. The summed E-state index contributed by atoms with van der Waals surface area (Å²) in [6.45, 7) is 2.67. The highest BCUT2D eigenvalue weighted by atomic mass is 19.1. The Morgan fingerprint density at radius 3 is 2.29 bits per heavy atom. The van der Waals surface area contributed by atoms with Crippen LogP contribution in [0.5, 0.6) is 0 Å². The van der Waals surface area contributed by atoms with Gasteiger partial charge in [0.2, 0.25) is 17.7 Å². The first-order valence-corrected chi connectivity index (χ1v) is 7.94. The number of nitrogens with zero attached hydrogens (tertiary/aromatic N) is 2. The lowest BCUT2D eigenvalue weighted by Gasteiger charge is -2.22. The van der Waals surface area contributed by atoms with Crippen LogP contribution in [0.2, 0.25) is 0 Å². The number of hydrogen-bond acceptors (Lipinski definition) is 3. The van der Waals surface area contributed by atoms with Gasteiger partial charge in [-0.2, -0.15) is 0 Å². The lowest BCUT2D eigenvalue weighted by atomic mass is 10.1. The standard InChI is InChI=1S/C17H22FN3O3/c1-12(22)20-8-9-21(11-14(10-20)17(19)24)16(23)7-4-13-2-5-15(18)6-3-13/h2-3,5-6,14H,4,7-11H2,1H3,(H2,19,24)/t14-/m0/s1. The molecular weight excluding hydrogens is 313 g/mol. The van der Waals surface area contributed by atoms with E-state index in [0.29, 0.717) is 19.5 Å². The molecular formula is C17H22FN3O3. The molecule has 1 atom stereocenters. The lowest BCUT2D eigenvalue weighted by molar-refractivity contribution is -0.132. The van der Waals surface area contributed by atoms with Crippen LogP contribution in [-0.4, -0.2) is 53.7 Å². The Morgan fingerprint density at radius 2 is 1.71 bits per heavy atom. The smallest absolute Gasteiger partial charge is 0.224 e. The van der Waals surface area contributed by atoms with Crippen LogP contribution in [0.4, 0.5) is 4.39 Å². The van der Waals surface area contributed by atoms with Crippen molar-refractivity contribution in [3.8, 4) is 0 Å². The molecule has 0 saturated carbocycles. The number of carbonyl (C=O) groups excluding carboxylic acids is 3. The average molecular weight is 335 g/mol. The number of rotatable bonds is 4. The van der Waals surface area contributed by atoms with Gasteiger partial charge < -0.3 is 15.5 Å². The van der Waals surface area contributed by atoms with E-state index in [4.69, 9.17) is 5.73 Å². The molecule has 130 valence electrons. The van der Waals surface area contributed by atoms with Gasteiger partial charge in [-0.1, -0.05) is 12.1 Å². The molecule has 2 rings (SSSR count). The molecule has 7 heteroatoms. The number of carbonyl (C=O) groups is 3. The molecule has 1 aliphatic heterocycles. The molecule has 1 aromatic rings. The van der Waals surface area contributed by atoms with E-state index in [1.54, 1.807) is 21.9 Å². The van der Waals surface area contributed by atoms with Crippen LogP contribution in [0.1, 0.15) is 18.9 Å². The van der Waals surface area contributed by atoms with Crippen molar-refractivity contribution in [2.75, 3.05) is 26.2 Å². The molecule has 0 aromatic heterocycles. The largest absolute Gasteiger partial charge is 0.369 e. The summed E-state index contributed by atoms with van der Waals surface area (Å²) < 4.78 is 12.9. The van der Waals surface area contributed by atoms with E-state index in [0.717, 1.165) is 5.56 Å². The van der Waals surface area contributed by atoms with Crippen molar-refractivity contribution in [1.29, 1.82) is 0 Å². The van der Waals surface area contributed by atoms with E-state index in [2.05, 4.69) is 0 Å². The molecule has 6 nitrogen and oxygen atoms in total. The quantitative estimate of drug-likeness (QED) is 0.872. The summed E-state index contributed by atoms with van der Waals surface area (Å²) in [5, 5.41) is 0. The maximum atomic E-state index is 12.9. The van der Waals surface area contributed by atoms with Crippen molar-refractivity contribution >= 4 is 17.7 Å². The Morgan fingerprint density at radius 1 is 1.12 bits per heavy atom. The van der Waals surface area contributed by atoms with Crippen LogP contribution < -0.4 is 5.73 Å². The summed E-state index contributed by atoms with van der Waals surface area (Å²) in [7, 11) is 0. The molecule has 1 saturated heterocycles. The molecule has 0 bridgehead atoms. The number of halogens is 1. The van der Waals surface area contributed by atoms with Gasteiger partial charge in [0.25, 0.3) is 0 Å². The highest BCUT2D eigenvalue weighted by molar-refractivity contribution is 5.81. The SMILES string of the molecule is CC(=O)N1CCN(C(=O)CCc2ccc(F)cc2)C[C@@H](C(N)=O)C1. The van der Waals surface area contributed by atoms with E-state index < -0.39 is 11.8 Å². The van der Waals surface area contributed by atoms with Gasteiger partial charge in [0.1, 0.15) is 5.82 Å². The third-order valence-electron chi connectivity index (χ3n) is 4.26. The maximum Gasteiger partial charge on any atom is 0.224 e. The fraction of sp³-hybridized carbons (Fsp3) is 0.471. The molecule has 1 aromatic carbocycles. The minimum absolute atomic E-state index is 0.101. The van der Waals surface area contributed by atoms with Crippen LogP contribution in [0.25, 0.3) is 0 Å². The molecule has 3 amide bonds. The Balaban J connectivity index is 1.98. The van der Waals surface area contributed by atoms with Gasteiger partial charge in [0, 0.05) is 39.5 Å². The highest BCUT2D eigenvalue weighted by Gasteiger charge is 2.29. The second-order valence-electron chi connectivity index (χ2n) is 6.03. The van der Waals surface area contributed by atoms with E-state index in [-0.39, 0.29) is 37.1 Å². The van der Waals surface area contributed by atoms with Crippen molar-refractivity contribution in [1.82, 2.24) is 9.80 Å². The summed E-state index contributed by atoms with van der Waals surface area (Å²) in [6, 6.07) is 6.02. The number of aryl methyl sites for hydroxylation is 1. The van der Waals surface area contributed by atoms with Crippen LogP contribution >= 0.6 is 0 Å². The van der Waals surface area contributed by atoms with Crippen LogP contribution in [0, 0.1) is 11.7 Å². The van der Waals surface area contributed by atoms with Crippen molar-refractivity contribution < 1.29 is 18.8 Å². The molecule has 1 heterocycles. The third-order valence-corrected chi connectivity index (χ3v) is 4.26. The first-order chi connectivity index (χ1) is 11.4. The number of primary amides is 1. The first kappa shape index (κ1) is 17.9. The lowest BCUT2D eigenvalue weighted by Crippen LogP contribution is -2.40. The van der Waals surface area contributed by atoms with Crippen molar-refractivity contribution in [2.24, 2.45) is 11.7 Å². The Bertz CT molecular complexity index is 618. The normalized spacial score (nSPS) is 18.2. The Kier molecular flexibility index (Phi) is 5.89. The van der Waals surface area contributed by atoms with Crippen molar-refractivity contribution in [3.05, 3.63) is 35.6 Å². The molecule has 0 aliphatic carbocycles. The summed E-state index contributed by atoms with van der Waals surface area (Å²) in [5.74, 6) is -1.63. The maximum absolute atomic E-state index is 12.9. The van der Waals surface area contributed by atoms with E-state index in [1.165, 1.54) is 19.1 Å². The Labute approximate surface area is 140 Å². The summed E-state index contributed by atoms with van der Waals surface area (Å²) in [6.07, 6.45) is 0.754. The summed E-state index contributed by atoms with van der Waals surface area (Å²) in [4.78, 5) is 38.7. The van der Waals surface area contributed by atoms with Gasteiger partial charge in [-0.3, -0.25) is 14.4 Å². The number of hydrogen-bond donors (Lipinski definition) is 1. The van der Waals surface area contributed by atoms with Crippen LogP contribution in [0.15, 0.2) is 24.3 Å². The summed E-state index contributed by atoms with van der Waals surface area (Å²) in [5.41, 5.74) is 6.26. The number of nitrogens with two attached hydrogens (primary N) is 1. The average Bonchev–Trinajstić information content (AvgIpc) is 2.77. The minimum atomic E-state index is -0.564. The summed E-state index contributed by atoms with van der Waals surface area (Å²) >= 11 is 0. The Hall–Kier alpha value is -2.44. The highest BCUT2D eigenvalue weighted by Crippen LogP contribution is 2.13. The van der Waals surface area contributed by atoms with Crippen LogP contribution in [-0.2, 0) is 20.8 Å². The third kappa shape index (κ3) is 4.78. The van der Waals surface area contributed by atoms with Gasteiger partial charge in [-0.25, -0.2) is 4.39 Å². The molecule has 2 N–H and O–H groups in total. The first-order valence-electron chi connectivity index (χ1n) is 7.94. The topological polar surface area (TPSA) is 83.7 Å². The zero-order valence-electron chi connectivity index (χ0n) is 13.7. The molecule has 1 aliphatic rings. The van der Waals surface area contributed by atoms with Gasteiger partial charge in [-0.15, -0.1) is 0 Å². The van der Waals surface area contributed by atoms with Crippen LogP contribution in [0.3, 0.4) is 0 Å². The second kappa shape index (κ2) is 7.90. The van der Waals surface area contributed by atoms with Gasteiger partial charge in [0.15, 0.2) is 0 Å². The molecule has 0 radical (unpaired) electrons. The van der Waals surface area contributed by atoms with Gasteiger partial charge in [-0.05, 0) is 24.1 Å². The predicted molar refractivity (Wildman–Crippen MR) is 86.2 cm³/mol. The molecule has 1 fully saturated rings. The number of benzene rings is 1. The van der Waals surface area contributed by atoms with Gasteiger partial charge in [0.05, 0.1) is 5.92 Å². The predicted octanol–water partition coefficient (Wildman–Crippen LogP) is 0.551. The van der Waals surface area contributed by atoms with E-state index in [9.17, 15) is 18.8 Å². The van der Waals surface area contributed by atoms with E-state index >= 15 is 0 Å². The second-order valence-corrected chi connectivity index (χ2v) is 6.03. The minimum Gasteiger partial charge on any atom is -0.369 e. The van der Waals surface area contributed by atoms with Gasteiger partial charge >= 0.3 is 0 Å². The molecule has 0 unspecified atom stereocenters.